The van der Waals surface area contributed by atoms with Gasteiger partial charge < -0.3 is 9.57 Å². The van der Waals surface area contributed by atoms with E-state index in [-0.39, 0.29) is 17.2 Å². The first-order valence-electron chi connectivity index (χ1n) is 6.66. The van der Waals surface area contributed by atoms with Crippen molar-refractivity contribution in [2.75, 3.05) is 12.3 Å². The van der Waals surface area contributed by atoms with Crippen molar-refractivity contribution in [3.63, 3.8) is 0 Å². The third-order valence-electron chi connectivity index (χ3n) is 3.12. The van der Waals surface area contributed by atoms with E-state index in [1.165, 1.54) is 25.3 Å². The Morgan fingerprint density at radius 3 is 2.36 bits per heavy atom. The van der Waals surface area contributed by atoms with Gasteiger partial charge >= 0.3 is 5.69 Å². The second kappa shape index (κ2) is 7.23. The third kappa shape index (κ3) is 3.79. The lowest BCUT2D eigenvalue weighted by molar-refractivity contribution is -0.393. The topological polar surface area (TPSA) is 151 Å². The minimum absolute atomic E-state index is 0.0863. The first kappa shape index (κ1) is 17.6. The van der Waals surface area contributed by atoms with Gasteiger partial charge in [0.1, 0.15) is 6.29 Å². The first-order valence-corrected chi connectivity index (χ1v) is 6.66. The number of nitro groups is 2. The zero-order valence-electron chi connectivity index (χ0n) is 12.8. The van der Waals surface area contributed by atoms with Crippen LogP contribution in [0.2, 0.25) is 0 Å². The molecule has 0 aromatic heterocycles. The molecule has 0 radical (unpaired) electrons. The summed E-state index contributed by atoms with van der Waals surface area (Å²) in [6, 6.07) is 7.12. The molecule has 2 aromatic rings. The number of carbonyl (C=O) groups is 1. The van der Waals surface area contributed by atoms with E-state index in [0.717, 1.165) is 18.2 Å². The number of rotatable bonds is 7. The summed E-state index contributed by atoms with van der Waals surface area (Å²) in [6.07, 6.45) is 0.605. The molecule has 0 aliphatic rings. The Balaban J connectivity index is 2.38. The van der Waals surface area contributed by atoms with Gasteiger partial charge in [0.15, 0.2) is 17.2 Å². The van der Waals surface area contributed by atoms with E-state index in [2.05, 4.69) is 0 Å². The molecule has 25 heavy (non-hydrogen) atoms. The molecule has 2 rings (SSSR count). The summed E-state index contributed by atoms with van der Waals surface area (Å²) in [7, 11) is 1.34. The van der Waals surface area contributed by atoms with Crippen molar-refractivity contribution >= 4 is 23.3 Å². The monoisotopic (exact) mass is 348 g/mol. The zero-order chi connectivity index (χ0) is 18.6. The van der Waals surface area contributed by atoms with E-state index in [9.17, 15) is 25.0 Å². The summed E-state index contributed by atoms with van der Waals surface area (Å²) in [6.45, 7) is 0. The highest BCUT2D eigenvalue weighted by molar-refractivity contribution is 5.76. The van der Waals surface area contributed by atoms with Crippen LogP contribution in [0.15, 0.2) is 36.4 Å². The Bertz CT molecular complexity index is 840. The van der Waals surface area contributed by atoms with E-state index in [1.807, 2.05) is 0 Å². The molecular weight excluding hydrogens is 336 g/mol. The number of anilines is 1. The van der Waals surface area contributed by atoms with Gasteiger partial charge in [0.2, 0.25) is 0 Å². The Morgan fingerprint density at radius 2 is 1.80 bits per heavy atom. The standard InChI is InChI=1S/C14H12N4O7/c1-24-14-6-9(8-19)2-5-13(14)25-16(15)11-4-3-10(17(20)21)7-12(11)18(22)23/h2-8H,15H2,1H3. The average Bonchev–Trinajstić information content (AvgIpc) is 2.61. The van der Waals surface area contributed by atoms with Gasteiger partial charge in [0.25, 0.3) is 5.69 Å². The van der Waals surface area contributed by atoms with Gasteiger partial charge in [-0.05, 0) is 24.3 Å². The van der Waals surface area contributed by atoms with Crippen LogP contribution >= 0.6 is 0 Å². The minimum Gasteiger partial charge on any atom is -0.493 e. The van der Waals surface area contributed by atoms with Crippen LogP contribution in [-0.2, 0) is 0 Å². The maximum absolute atomic E-state index is 11.1. The Labute approximate surface area is 140 Å². The number of hydrogen-bond acceptors (Lipinski definition) is 9. The Kier molecular flexibility index (Phi) is 5.09. The quantitative estimate of drug-likeness (QED) is 0.342. The first-order chi connectivity index (χ1) is 11.9. The van der Waals surface area contributed by atoms with Gasteiger partial charge in [-0.3, -0.25) is 25.0 Å². The highest BCUT2D eigenvalue weighted by Crippen LogP contribution is 2.33. The zero-order valence-corrected chi connectivity index (χ0v) is 12.8. The fraction of sp³-hybridized carbons (Fsp3) is 0.0714. The maximum atomic E-state index is 11.1. The van der Waals surface area contributed by atoms with Crippen LogP contribution in [0, 0.1) is 20.2 Å². The normalized spacial score (nSPS) is 10.0. The van der Waals surface area contributed by atoms with Crippen LogP contribution in [0.3, 0.4) is 0 Å². The summed E-state index contributed by atoms with van der Waals surface area (Å²) in [5.74, 6) is 5.95. The molecule has 0 unspecified atom stereocenters. The van der Waals surface area contributed by atoms with Gasteiger partial charge in [-0.2, -0.15) is 0 Å². The largest absolute Gasteiger partial charge is 0.493 e. The Hall–Kier alpha value is -3.73. The fourth-order valence-electron chi connectivity index (χ4n) is 1.95. The number of carbonyl (C=O) groups excluding carboxylic acids is 1. The number of ether oxygens (including phenoxy) is 1. The molecule has 0 bridgehead atoms. The molecule has 0 spiro atoms. The molecule has 2 N–H and O–H groups in total. The molecule has 0 saturated heterocycles. The number of non-ortho nitro benzene ring substituents is 1. The molecule has 0 aliphatic heterocycles. The lowest BCUT2D eigenvalue weighted by atomic mass is 10.2. The van der Waals surface area contributed by atoms with Crippen molar-refractivity contribution in [1.29, 1.82) is 0 Å². The van der Waals surface area contributed by atoms with Crippen molar-refractivity contribution in [1.82, 2.24) is 0 Å². The van der Waals surface area contributed by atoms with Crippen LogP contribution in [0.5, 0.6) is 11.5 Å². The molecule has 0 fully saturated rings. The molecule has 130 valence electrons. The van der Waals surface area contributed by atoms with E-state index in [4.69, 9.17) is 15.4 Å². The lowest BCUT2D eigenvalue weighted by Gasteiger charge is -2.19. The summed E-state index contributed by atoms with van der Waals surface area (Å²) in [4.78, 5) is 36.4. The number of nitrogens with two attached hydrogens (primary N) is 1. The molecule has 0 atom stereocenters. The van der Waals surface area contributed by atoms with Gasteiger partial charge in [0.05, 0.1) is 23.0 Å². The summed E-state index contributed by atoms with van der Waals surface area (Å²) in [5.41, 5.74) is -0.955. The average molecular weight is 348 g/mol. The summed E-state index contributed by atoms with van der Waals surface area (Å²) in [5, 5.41) is 22.5. The molecular formula is C14H12N4O7. The predicted molar refractivity (Wildman–Crippen MR) is 85.4 cm³/mol. The molecule has 2 aromatic carbocycles. The maximum Gasteiger partial charge on any atom is 0.304 e. The number of benzene rings is 2. The van der Waals surface area contributed by atoms with Crippen molar-refractivity contribution < 1.29 is 24.2 Å². The smallest absolute Gasteiger partial charge is 0.304 e. The molecule has 0 saturated carbocycles. The molecule has 11 heteroatoms. The number of nitrogens with zero attached hydrogens (tertiary/aromatic N) is 3. The molecule has 0 amide bonds. The van der Waals surface area contributed by atoms with Gasteiger partial charge in [-0.1, -0.05) is 0 Å². The van der Waals surface area contributed by atoms with E-state index >= 15 is 0 Å². The van der Waals surface area contributed by atoms with Crippen molar-refractivity contribution in [3.8, 4) is 11.5 Å². The SMILES string of the molecule is COc1cc(C=O)ccc1ON(N)c1ccc([N+](=O)[O-])cc1[N+](=O)[O-]. The lowest BCUT2D eigenvalue weighted by Crippen LogP contribution is -2.35. The van der Waals surface area contributed by atoms with Gasteiger partial charge in [0, 0.05) is 11.6 Å². The second-order valence-electron chi connectivity index (χ2n) is 4.63. The molecule has 0 heterocycles. The molecule has 11 nitrogen and oxygen atoms in total. The van der Waals surface area contributed by atoms with Crippen LogP contribution in [0.4, 0.5) is 17.1 Å². The van der Waals surface area contributed by atoms with Crippen molar-refractivity contribution in [2.45, 2.75) is 0 Å². The highest BCUT2D eigenvalue weighted by atomic mass is 16.7. The van der Waals surface area contributed by atoms with Crippen LogP contribution in [-0.4, -0.2) is 23.2 Å². The third-order valence-corrected chi connectivity index (χ3v) is 3.12. The highest BCUT2D eigenvalue weighted by Gasteiger charge is 2.24. The van der Waals surface area contributed by atoms with Crippen LogP contribution < -0.4 is 20.6 Å². The van der Waals surface area contributed by atoms with Crippen molar-refractivity contribution in [2.24, 2.45) is 5.84 Å². The van der Waals surface area contributed by atoms with Crippen LogP contribution in [0.1, 0.15) is 10.4 Å². The van der Waals surface area contributed by atoms with E-state index in [1.54, 1.807) is 0 Å². The number of nitro benzene ring substituents is 2. The van der Waals surface area contributed by atoms with Crippen molar-refractivity contribution in [3.05, 3.63) is 62.2 Å². The number of methoxy groups -OCH3 is 1. The Morgan fingerprint density at radius 1 is 1.08 bits per heavy atom. The van der Waals surface area contributed by atoms with E-state index in [0.29, 0.717) is 17.0 Å². The van der Waals surface area contributed by atoms with E-state index < -0.39 is 21.2 Å². The molecule has 0 aliphatic carbocycles. The fourth-order valence-corrected chi connectivity index (χ4v) is 1.95. The summed E-state index contributed by atoms with van der Waals surface area (Å²) >= 11 is 0. The summed E-state index contributed by atoms with van der Waals surface area (Å²) < 4.78 is 5.06. The second-order valence-corrected chi connectivity index (χ2v) is 4.63. The minimum atomic E-state index is -0.821. The van der Waals surface area contributed by atoms with Gasteiger partial charge in [-0.25, -0.2) is 5.84 Å². The number of aldehydes is 1. The van der Waals surface area contributed by atoms with Crippen LogP contribution in [0.25, 0.3) is 0 Å². The predicted octanol–water partition coefficient (Wildman–Crippen LogP) is 2.00. The number of hydrogen-bond donors (Lipinski definition) is 1. The van der Waals surface area contributed by atoms with Gasteiger partial charge in [-0.15, -0.1) is 5.17 Å². The number of hydrazine groups is 1.